The highest BCUT2D eigenvalue weighted by molar-refractivity contribution is 7.12. The highest BCUT2D eigenvalue weighted by Gasteiger charge is 2.04. The van der Waals surface area contributed by atoms with Gasteiger partial charge in [0.1, 0.15) is 5.84 Å². The van der Waals surface area contributed by atoms with Gasteiger partial charge in [-0.3, -0.25) is 0 Å². The van der Waals surface area contributed by atoms with Crippen LogP contribution in [0.3, 0.4) is 0 Å². The molecule has 0 bridgehead atoms. The van der Waals surface area contributed by atoms with Gasteiger partial charge in [0.25, 0.3) is 0 Å². The predicted molar refractivity (Wildman–Crippen MR) is 108 cm³/mol. The SMILES string of the molecule is CC(NCCc1ccc(N=C(N)c2cccs2)cc1)c1ccccc1. The van der Waals surface area contributed by atoms with Gasteiger partial charge < -0.3 is 11.1 Å². The van der Waals surface area contributed by atoms with Crippen molar-refractivity contribution in [1.82, 2.24) is 5.32 Å². The Labute approximate surface area is 153 Å². The topological polar surface area (TPSA) is 50.4 Å². The monoisotopic (exact) mass is 349 g/mol. The van der Waals surface area contributed by atoms with E-state index < -0.39 is 0 Å². The van der Waals surface area contributed by atoms with Crippen LogP contribution in [0.2, 0.25) is 0 Å². The Balaban J connectivity index is 1.52. The van der Waals surface area contributed by atoms with E-state index in [0.717, 1.165) is 23.5 Å². The molecule has 1 unspecified atom stereocenters. The minimum Gasteiger partial charge on any atom is -0.383 e. The van der Waals surface area contributed by atoms with Crippen LogP contribution in [0.25, 0.3) is 0 Å². The summed E-state index contributed by atoms with van der Waals surface area (Å²) in [6.45, 7) is 3.14. The molecule has 4 heteroatoms. The zero-order valence-electron chi connectivity index (χ0n) is 14.4. The first-order valence-corrected chi connectivity index (χ1v) is 9.35. The molecule has 0 aliphatic rings. The third-order valence-corrected chi connectivity index (χ3v) is 5.02. The van der Waals surface area contributed by atoms with Gasteiger partial charge in [0, 0.05) is 6.04 Å². The van der Waals surface area contributed by atoms with Crippen LogP contribution in [0.4, 0.5) is 5.69 Å². The molecule has 0 amide bonds. The number of hydrogen-bond acceptors (Lipinski definition) is 3. The van der Waals surface area contributed by atoms with Crippen molar-refractivity contribution in [3.63, 3.8) is 0 Å². The normalized spacial score (nSPS) is 12.9. The molecular formula is C21H23N3S. The molecule has 0 saturated heterocycles. The van der Waals surface area contributed by atoms with Gasteiger partial charge >= 0.3 is 0 Å². The van der Waals surface area contributed by atoms with Crippen LogP contribution in [0.1, 0.15) is 29.0 Å². The molecule has 3 nitrogen and oxygen atoms in total. The molecule has 1 atom stereocenters. The van der Waals surface area contributed by atoms with Crippen LogP contribution >= 0.6 is 11.3 Å². The number of benzene rings is 2. The smallest absolute Gasteiger partial charge is 0.141 e. The van der Waals surface area contributed by atoms with E-state index in [1.165, 1.54) is 11.1 Å². The molecule has 0 aliphatic heterocycles. The predicted octanol–water partition coefficient (Wildman–Crippen LogP) is 4.68. The van der Waals surface area contributed by atoms with Crippen LogP contribution in [0.5, 0.6) is 0 Å². The van der Waals surface area contributed by atoms with E-state index in [1.807, 2.05) is 35.7 Å². The summed E-state index contributed by atoms with van der Waals surface area (Å²) in [5, 5.41) is 5.57. The summed E-state index contributed by atoms with van der Waals surface area (Å²) in [4.78, 5) is 5.48. The average molecular weight is 350 g/mol. The summed E-state index contributed by atoms with van der Waals surface area (Å²) >= 11 is 1.60. The van der Waals surface area contributed by atoms with Gasteiger partial charge in [-0.15, -0.1) is 11.3 Å². The van der Waals surface area contributed by atoms with Gasteiger partial charge in [-0.05, 0) is 54.6 Å². The fraction of sp³-hybridized carbons (Fsp3) is 0.190. The van der Waals surface area contributed by atoms with Crippen molar-refractivity contribution in [3.05, 3.63) is 88.1 Å². The Morgan fingerprint density at radius 3 is 2.48 bits per heavy atom. The lowest BCUT2D eigenvalue weighted by molar-refractivity contribution is 0.577. The van der Waals surface area contributed by atoms with Crippen LogP contribution in [0.15, 0.2) is 77.1 Å². The number of nitrogens with two attached hydrogens (primary N) is 1. The van der Waals surface area contributed by atoms with Crippen molar-refractivity contribution in [2.24, 2.45) is 10.7 Å². The summed E-state index contributed by atoms with van der Waals surface area (Å²) in [6.07, 6.45) is 0.988. The maximum atomic E-state index is 6.03. The third kappa shape index (κ3) is 5.02. The zero-order valence-corrected chi connectivity index (χ0v) is 15.2. The summed E-state index contributed by atoms with van der Waals surface area (Å²) < 4.78 is 0. The van der Waals surface area contributed by atoms with E-state index in [4.69, 9.17) is 5.73 Å². The Morgan fingerprint density at radius 1 is 1.04 bits per heavy atom. The number of amidine groups is 1. The molecule has 3 rings (SSSR count). The minimum absolute atomic E-state index is 0.357. The molecule has 0 radical (unpaired) electrons. The Hall–Kier alpha value is -2.43. The van der Waals surface area contributed by atoms with Gasteiger partial charge in [-0.25, -0.2) is 4.99 Å². The Kier molecular flexibility index (Phi) is 5.99. The van der Waals surface area contributed by atoms with Crippen molar-refractivity contribution in [3.8, 4) is 0 Å². The largest absolute Gasteiger partial charge is 0.383 e. The zero-order chi connectivity index (χ0) is 17.5. The molecule has 1 aromatic heterocycles. The first-order chi connectivity index (χ1) is 12.2. The second kappa shape index (κ2) is 8.60. The fourth-order valence-corrected chi connectivity index (χ4v) is 3.28. The molecule has 2 aromatic carbocycles. The summed E-state index contributed by atoms with van der Waals surface area (Å²) in [5.41, 5.74) is 9.53. The van der Waals surface area contributed by atoms with Crippen LogP contribution in [-0.2, 0) is 6.42 Å². The first-order valence-electron chi connectivity index (χ1n) is 8.47. The maximum absolute atomic E-state index is 6.03. The van der Waals surface area contributed by atoms with Crippen LogP contribution < -0.4 is 11.1 Å². The highest BCUT2D eigenvalue weighted by Crippen LogP contribution is 2.17. The molecule has 3 N–H and O–H groups in total. The van der Waals surface area contributed by atoms with E-state index in [0.29, 0.717) is 11.9 Å². The molecule has 25 heavy (non-hydrogen) atoms. The molecule has 1 heterocycles. The number of hydrogen-bond donors (Lipinski definition) is 2. The second-order valence-corrected chi connectivity index (χ2v) is 6.92. The lowest BCUT2D eigenvalue weighted by Crippen LogP contribution is -2.21. The van der Waals surface area contributed by atoms with Crippen molar-refractivity contribution in [2.45, 2.75) is 19.4 Å². The summed E-state index contributed by atoms with van der Waals surface area (Å²) in [6, 6.07) is 23.1. The van der Waals surface area contributed by atoms with Gasteiger partial charge in [0.2, 0.25) is 0 Å². The van der Waals surface area contributed by atoms with Crippen molar-refractivity contribution >= 4 is 22.9 Å². The van der Waals surface area contributed by atoms with Crippen molar-refractivity contribution in [2.75, 3.05) is 6.54 Å². The average Bonchev–Trinajstić information content (AvgIpc) is 3.19. The van der Waals surface area contributed by atoms with Crippen LogP contribution in [-0.4, -0.2) is 12.4 Å². The molecule has 128 valence electrons. The van der Waals surface area contributed by atoms with E-state index in [9.17, 15) is 0 Å². The lowest BCUT2D eigenvalue weighted by atomic mass is 10.1. The Bertz CT molecular complexity index is 793. The molecule has 0 fully saturated rings. The quantitative estimate of drug-likeness (QED) is 0.481. The molecule has 3 aromatic rings. The Morgan fingerprint density at radius 2 is 1.80 bits per heavy atom. The first kappa shape index (κ1) is 17.4. The van der Waals surface area contributed by atoms with Gasteiger partial charge in [0.05, 0.1) is 10.6 Å². The van der Waals surface area contributed by atoms with Crippen LogP contribution in [0, 0.1) is 0 Å². The van der Waals surface area contributed by atoms with Gasteiger partial charge in [-0.2, -0.15) is 0 Å². The number of aliphatic imine (C=N–C) groups is 1. The third-order valence-electron chi connectivity index (χ3n) is 4.12. The van der Waals surface area contributed by atoms with Crippen molar-refractivity contribution < 1.29 is 0 Å². The molecular weight excluding hydrogens is 326 g/mol. The number of thiophene rings is 1. The molecule has 0 saturated carbocycles. The lowest BCUT2D eigenvalue weighted by Gasteiger charge is -2.14. The molecule has 0 spiro atoms. The van der Waals surface area contributed by atoms with Gasteiger partial charge in [0.15, 0.2) is 0 Å². The standard InChI is InChI=1S/C21H23N3S/c1-16(18-6-3-2-4-7-18)23-14-13-17-9-11-19(12-10-17)24-21(22)20-8-5-15-25-20/h2-12,15-16,23H,13-14H2,1H3,(H2,22,24). The van der Waals surface area contributed by atoms with E-state index in [1.54, 1.807) is 11.3 Å². The highest BCUT2D eigenvalue weighted by atomic mass is 32.1. The fourth-order valence-electron chi connectivity index (χ4n) is 2.65. The molecule has 0 aliphatic carbocycles. The second-order valence-electron chi connectivity index (χ2n) is 5.98. The van der Waals surface area contributed by atoms with E-state index >= 15 is 0 Å². The van der Waals surface area contributed by atoms with Gasteiger partial charge in [-0.1, -0.05) is 48.5 Å². The number of nitrogens with zero attached hydrogens (tertiary/aromatic N) is 1. The summed E-state index contributed by atoms with van der Waals surface area (Å²) in [5.74, 6) is 0.570. The van der Waals surface area contributed by atoms with Crippen molar-refractivity contribution in [1.29, 1.82) is 0 Å². The van der Waals surface area contributed by atoms with E-state index in [-0.39, 0.29) is 0 Å². The number of nitrogens with one attached hydrogen (secondary N) is 1. The minimum atomic E-state index is 0.357. The van der Waals surface area contributed by atoms with E-state index in [2.05, 4.69) is 53.6 Å². The maximum Gasteiger partial charge on any atom is 0.141 e. The summed E-state index contributed by atoms with van der Waals surface area (Å²) in [7, 11) is 0. The number of rotatable bonds is 7.